The Morgan fingerprint density at radius 2 is 2.00 bits per heavy atom. The quantitative estimate of drug-likeness (QED) is 0.531. The number of urea groups is 1. The van der Waals surface area contributed by atoms with Crippen LogP contribution in [-0.2, 0) is 9.53 Å². The maximum atomic E-state index is 12.1. The number of ether oxygens (including phenoxy) is 1. The first-order chi connectivity index (χ1) is 11.5. The normalized spacial score (nSPS) is 13.1. The lowest BCUT2D eigenvalue weighted by Crippen LogP contribution is -2.49. The van der Waals surface area contributed by atoms with Gasteiger partial charge in [0.05, 0.1) is 6.10 Å². The largest absolute Gasteiger partial charge is 0.374 e. The van der Waals surface area contributed by atoms with Crippen LogP contribution in [0.25, 0.3) is 0 Å². The molecule has 0 aliphatic heterocycles. The minimum Gasteiger partial charge on any atom is -0.374 e. The van der Waals surface area contributed by atoms with Gasteiger partial charge in [-0.2, -0.15) is 11.8 Å². The summed E-state index contributed by atoms with van der Waals surface area (Å²) in [6.45, 7) is 3.05. The van der Waals surface area contributed by atoms with Crippen LogP contribution < -0.4 is 16.4 Å². The Morgan fingerprint density at radius 1 is 1.29 bits per heavy atom. The number of rotatable bonds is 11. The van der Waals surface area contributed by atoms with Crippen molar-refractivity contribution in [1.29, 1.82) is 0 Å². The van der Waals surface area contributed by atoms with E-state index in [1.807, 2.05) is 43.5 Å². The van der Waals surface area contributed by atoms with Crippen LogP contribution in [-0.4, -0.2) is 43.1 Å². The van der Waals surface area contributed by atoms with Crippen molar-refractivity contribution in [3.8, 4) is 0 Å². The SMILES string of the molecule is CSCC[C@@H](NC(N)=O)C(=O)NCCCO[C@H](C)c1ccccc1. The molecular formula is C17H27N3O3S. The molecule has 6 nitrogen and oxygen atoms in total. The third-order valence-electron chi connectivity index (χ3n) is 3.50. The molecule has 3 amide bonds. The van der Waals surface area contributed by atoms with Gasteiger partial charge in [-0.15, -0.1) is 0 Å². The van der Waals surface area contributed by atoms with Crippen molar-refractivity contribution < 1.29 is 14.3 Å². The lowest BCUT2D eigenvalue weighted by Gasteiger charge is -2.17. The lowest BCUT2D eigenvalue weighted by molar-refractivity contribution is -0.123. The smallest absolute Gasteiger partial charge is 0.312 e. The molecule has 1 rings (SSSR count). The summed E-state index contributed by atoms with van der Waals surface area (Å²) in [7, 11) is 0. The molecule has 0 unspecified atom stereocenters. The number of primary amides is 1. The number of carbonyl (C=O) groups excluding carboxylic acids is 2. The van der Waals surface area contributed by atoms with Gasteiger partial charge in [-0.05, 0) is 37.3 Å². The van der Waals surface area contributed by atoms with E-state index in [0.29, 0.717) is 26.0 Å². The molecule has 0 aromatic heterocycles. The molecular weight excluding hydrogens is 326 g/mol. The molecule has 1 aromatic rings. The maximum absolute atomic E-state index is 12.1. The number of thioether (sulfide) groups is 1. The number of carbonyl (C=O) groups is 2. The monoisotopic (exact) mass is 353 g/mol. The van der Waals surface area contributed by atoms with Gasteiger partial charge in [-0.3, -0.25) is 4.79 Å². The van der Waals surface area contributed by atoms with E-state index in [9.17, 15) is 9.59 Å². The van der Waals surface area contributed by atoms with Gasteiger partial charge in [0, 0.05) is 13.2 Å². The molecule has 0 bridgehead atoms. The van der Waals surface area contributed by atoms with Crippen molar-refractivity contribution in [3.05, 3.63) is 35.9 Å². The summed E-state index contributed by atoms with van der Waals surface area (Å²) in [5.74, 6) is 0.565. The van der Waals surface area contributed by atoms with E-state index in [1.165, 1.54) is 0 Å². The molecule has 2 atom stereocenters. The van der Waals surface area contributed by atoms with Gasteiger partial charge in [-0.1, -0.05) is 30.3 Å². The van der Waals surface area contributed by atoms with Gasteiger partial charge < -0.3 is 21.1 Å². The molecule has 0 saturated heterocycles. The van der Waals surface area contributed by atoms with Crippen molar-refractivity contribution in [2.45, 2.75) is 31.9 Å². The zero-order chi connectivity index (χ0) is 17.8. The topological polar surface area (TPSA) is 93.5 Å². The molecule has 0 aliphatic rings. The zero-order valence-corrected chi connectivity index (χ0v) is 15.1. The van der Waals surface area contributed by atoms with Gasteiger partial charge in [-0.25, -0.2) is 4.79 Å². The van der Waals surface area contributed by atoms with E-state index in [0.717, 1.165) is 11.3 Å². The predicted molar refractivity (Wildman–Crippen MR) is 97.9 cm³/mol. The van der Waals surface area contributed by atoms with Crippen LogP contribution in [0.3, 0.4) is 0 Å². The Kier molecular flexibility index (Phi) is 9.95. The third kappa shape index (κ3) is 8.21. The third-order valence-corrected chi connectivity index (χ3v) is 4.14. The van der Waals surface area contributed by atoms with E-state index in [-0.39, 0.29) is 12.0 Å². The van der Waals surface area contributed by atoms with Gasteiger partial charge >= 0.3 is 6.03 Å². The average molecular weight is 353 g/mol. The first kappa shape index (κ1) is 20.3. The molecule has 0 heterocycles. The van der Waals surface area contributed by atoms with E-state index in [1.54, 1.807) is 11.8 Å². The molecule has 4 N–H and O–H groups in total. The molecule has 24 heavy (non-hydrogen) atoms. The Balaban J connectivity index is 2.24. The van der Waals surface area contributed by atoms with Crippen molar-refractivity contribution in [3.63, 3.8) is 0 Å². The summed E-state index contributed by atoms with van der Waals surface area (Å²) >= 11 is 1.62. The van der Waals surface area contributed by atoms with E-state index in [2.05, 4.69) is 10.6 Å². The minimum absolute atomic E-state index is 0.0211. The fraction of sp³-hybridized carbons (Fsp3) is 0.529. The number of nitrogens with one attached hydrogen (secondary N) is 2. The van der Waals surface area contributed by atoms with E-state index in [4.69, 9.17) is 10.5 Å². The van der Waals surface area contributed by atoms with Crippen LogP contribution in [0, 0.1) is 0 Å². The van der Waals surface area contributed by atoms with Crippen LogP contribution in [0.2, 0.25) is 0 Å². The fourth-order valence-electron chi connectivity index (χ4n) is 2.16. The highest BCUT2D eigenvalue weighted by Gasteiger charge is 2.18. The van der Waals surface area contributed by atoms with Crippen molar-refractivity contribution in [2.75, 3.05) is 25.2 Å². The highest BCUT2D eigenvalue weighted by molar-refractivity contribution is 7.98. The van der Waals surface area contributed by atoms with Gasteiger partial charge in [0.15, 0.2) is 0 Å². The zero-order valence-electron chi connectivity index (χ0n) is 14.3. The lowest BCUT2D eigenvalue weighted by atomic mass is 10.1. The van der Waals surface area contributed by atoms with E-state index >= 15 is 0 Å². The summed E-state index contributed by atoms with van der Waals surface area (Å²) in [6, 6.07) is 8.72. The Labute approximate surface area is 147 Å². The van der Waals surface area contributed by atoms with Gasteiger partial charge in [0.1, 0.15) is 6.04 Å². The number of amides is 3. The number of hydrogen-bond acceptors (Lipinski definition) is 4. The number of hydrogen-bond donors (Lipinski definition) is 3. The van der Waals surface area contributed by atoms with E-state index < -0.39 is 12.1 Å². The highest BCUT2D eigenvalue weighted by Crippen LogP contribution is 2.15. The molecule has 134 valence electrons. The highest BCUT2D eigenvalue weighted by atomic mass is 32.2. The Morgan fingerprint density at radius 3 is 2.62 bits per heavy atom. The molecule has 7 heteroatoms. The Hall–Kier alpha value is -1.73. The second kappa shape index (κ2) is 11.8. The summed E-state index contributed by atoms with van der Waals surface area (Å²) in [4.78, 5) is 23.0. The van der Waals surface area contributed by atoms with Gasteiger partial charge in [0.25, 0.3) is 0 Å². The molecule has 0 saturated carbocycles. The van der Waals surface area contributed by atoms with Crippen molar-refractivity contribution in [1.82, 2.24) is 10.6 Å². The number of benzene rings is 1. The first-order valence-corrected chi connectivity index (χ1v) is 9.43. The van der Waals surface area contributed by atoms with Crippen molar-refractivity contribution >= 4 is 23.7 Å². The average Bonchev–Trinajstić information content (AvgIpc) is 2.58. The molecule has 1 aromatic carbocycles. The second-order valence-electron chi connectivity index (χ2n) is 5.41. The van der Waals surface area contributed by atoms with Crippen LogP contribution in [0.15, 0.2) is 30.3 Å². The Bertz CT molecular complexity index is 499. The molecule has 0 aliphatic carbocycles. The number of nitrogens with two attached hydrogens (primary N) is 1. The summed E-state index contributed by atoms with van der Waals surface area (Å²) in [6.07, 6.45) is 3.23. The summed E-state index contributed by atoms with van der Waals surface area (Å²) < 4.78 is 5.76. The second-order valence-corrected chi connectivity index (χ2v) is 6.40. The molecule has 0 fully saturated rings. The molecule has 0 radical (unpaired) electrons. The van der Waals surface area contributed by atoms with Crippen molar-refractivity contribution in [2.24, 2.45) is 5.73 Å². The summed E-state index contributed by atoms with van der Waals surface area (Å²) in [5, 5.41) is 5.29. The minimum atomic E-state index is -0.684. The maximum Gasteiger partial charge on any atom is 0.312 e. The fourth-order valence-corrected chi connectivity index (χ4v) is 2.63. The first-order valence-electron chi connectivity index (χ1n) is 8.03. The standard InChI is InChI=1S/C17H27N3O3S/c1-13(14-7-4-3-5-8-14)23-11-6-10-19-16(21)15(9-12-24-2)20-17(18)22/h3-5,7-8,13,15H,6,9-12H2,1-2H3,(H,19,21)(H3,18,20,22)/t13-,15-/m1/s1. The van der Waals surface area contributed by atoms with Crippen LogP contribution in [0.4, 0.5) is 4.79 Å². The van der Waals surface area contributed by atoms with Crippen LogP contribution in [0.1, 0.15) is 31.4 Å². The van der Waals surface area contributed by atoms with Crippen LogP contribution in [0.5, 0.6) is 0 Å². The van der Waals surface area contributed by atoms with Crippen LogP contribution >= 0.6 is 11.8 Å². The molecule has 0 spiro atoms. The predicted octanol–water partition coefficient (Wildman–Crippen LogP) is 2.06. The van der Waals surface area contributed by atoms with Gasteiger partial charge in [0.2, 0.25) is 5.91 Å². The summed E-state index contributed by atoms with van der Waals surface area (Å²) in [5.41, 5.74) is 6.24.